The Bertz CT molecular complexity index is 1180. The van der Waals surface area contributed by atoms with E-state index in [9.17, 15) is 29.8 Å². The van der Waals surface area contributed by atoms with Gasteiger partial charge in [-0.05, 0) is 0 Å². The number of carbonyl (C=O) groups excluding carboxylic acids is 2. The van der Waals surface area contributed by atoms with E-state index in [0.717, 1.165) is 18.2 Å². The van der Waals surface area contributed by atoms with Crippen LogP contribution in [0.3, 0.4) is 0 Å². The average Bonchev–Trinajstić information content (AvgIpc) is 3.42. The number of Topliss-reactive ketones (excluding diaryl/α,β-unsaturated/α-hetero) is 1. The fourth-order valence-corrected chi connectivity index (χ4v) is 4.49. The molecule has 2 bridgehead atoms. The lowest BCUT2D eigenvalue weighted by Crippen LogP contribution is -2.33. The monoisotopic (exact) mass is 452 g/mol. The molecule has 3 fully saturated rings. The molecule has 2 heterocycles. The number of fused-ring (bicyclic) bond motifs is 4. The number of benzene rings is 2. The number of nitro groups is 2. The molecule has 3 aliphatic rings. The number of rotatable bonds is 6. The van der Waals surface area contributed by atoms with Crippen LogP contribution in [0.15, 0.2) is 53.6 Å². The lowest BCUT2D eigenvalue weighted by atomic mass is 10.0. The molecule has 12 nitrogen and oxygen atoms in total. The van der Waals surface area contributed by atoms with Crippen molar-refractivity contribution in [3.05, 3.63) is 79.9 Å². The third-order valence-corrected chi connectivity index (χ3v) is 6.03. The van der Waals surface area contributed by atoms with E-state index >= 15 is 0 Å². The minimum absolute atomic E-state index is 0.0462. The molecule has 2 saturated heterocycles. The van der Waals surface area contributed by atoms with Crippen LogP contribution in [0.5, 0.6) is 0 Å². The van der Waals surface area contributed by atoms with Crippen LogP contribution in [0, 0.1) is 38.0 Å². The number of amides is 1. The molecular weight excluding hydrogens is 436 g/mol. The maximum absolute atomic E-state index is 13.0. The number of ether oxygens (including phenoxy) is 2. The Hall–Kier alpha value is -4.03. The van der Waals surface area contributed by atoms with Gasteiger partial charge in [0.2, 0.25) is 0 Å². The van der Waals surface area contributed by atoms with Gasteiger partial charge in [0, 0.05) is 35.4 Å². The standard InChI is InChI=1S/C21H16N4O8/c26-19(10-4-2-1-3-5-10)17-15-14-9-32-21(33-14)18(16(15)17)22-23-20(27)11-6-12(24(28)29)8-13(7-11)25(30)31/h1-8,14-17,21H,9H2,(H,23,27)/b22-18+/t14-,15+,16-,17+,21+/m1/s1. The molecule has 5 atom stereocenters. The van der Waals surface area contributed by atoms with Crippen molar-refractivity contribution in [2.75, 3.05) is 6.61 Å². The van der Waals surface area contributed by atoms with Gasteiger partial charge in [0.25, 0.3) is 17.3 Å². The van der Waals surface area contributed by atoms with Gasteiger partial charge in [-0.1, -0.05) is 30.3 Å². The van der Waals surface area contributed by atoms with Gasteiger partial charge in [0.05, 0.1) is 39.9 Å². The molecule has 5 rings (SSSR count). The van der Waals surface area contributed by atoms with Crippen LogP contribution < -0.4 is 5.43 Å². The summed E-state index contributed by atoms with van der Waals surface area (Å²) in [6, 6.07) is 11.4. The van der Waals surface area contributed by atoms with E-state index in [1.54, 1.807) is 24.3 Å². The number of hydrogen-bond donors (Lipinski definition) is 1. The van der Waals surface area contributed by atoms with Crippen molar-refractivity contribution in [2.45, 2.75) is 12.4 Å². The molecule has 2 aliphatic heterocycles. The molecule has 1 saturated carbocycles. The SMILES string of the molecule is O=C(N/N=C1/[C@H]2OC[C@@H](O2)[C@@H]2[C@H](C(=O)c3ccccc3)[C@H]12)c1cc([N+](=O)[O-])cc([N+](=O)[O-])c1. The molecular formula is C21H16N4O8. The van der Waals surface area contributed by atoms with Gasteiger partial charge >= 0.3 is 0 Å². The molecule has 33 heavy (non-hydrogen) atoms. The van der Waals surface area contributed by atoms with Crippen LogP contribution in [-0.2, 0) is 9.47 Å². The summed E-state index contributed by atoms with van der Waals surface area (Å²) in [5.74, 6) is -1.69. The Labute approximate surface area is 185 Å². The van der Waals surface area contributed by atoms with E-state index in [4.69, 9.17) is 9.47 Å². The smallest absolute Gasteiger partial charge is 0.277 e. The zero-order valence-electron chi connectivity index (χ0n) is 16.8. The zero-order valence-corrected chi connectivity index (χ0v) is 16.8. The van der Waals surface area contributed by atoms with Gasteiger partial charge in [-0.25, -0.2) is 5.43 Å². The summed E-state index contributed by atoms with van der Waals surface area (Å²) >= 11 is 0. The normalized spacial score (nSPS) is 28.1. The highest BCUT2D eigenvalue weighted by atomic mass is 16.7. The third kappa shape index (κ3) is 3.64. The maximum Gasteiger partial charge on any atom is 0.277 e. The molecule has 2 aromatic carbocycles. The molecule has 0 spiro atoms. The number of hydrogen-bond acceptors (Lipinski definition) is 9. The van der Waals surface area contributed by atoms with Crippen molar-refractivity contribution in [3.8, 4) is 0 Å². The van der Waals surface area contributed by atoms with Gasteiger partial charge in [-0.15, -0.1) is 0 Å². The van der Waals surface area contributed by atoms with E-state index in [1.165, 1.54) is 0 Å². The molecule has 1 aliphatic carbocycles. The summed E-state index contributed by atoms with van der Waals surface area (Å²) in [6.45, 7) is 0.300. The van der Waals surface area contributed by atoms with Gasteiger partial charge in [0.15, 0.2) is 12.1 Å². The minimum atomic E-state index is -0.877. The summed E-state index contributed by atoms with van der Waals surface area (Å²) in [4.78, 5) is 46.1. The van der Waals surface area contributed by atoms with E-state index in [-0.39, 0.29) is 35.2 Å². The quantitative estimate of drug-likeness (QED) is 0.395. The number of hydrazone groups is 1. The van der Waals surface area contributed by atoms with Crippen molar-refractivity contribution in [1.82, 2.24) is 5.43 Å². The summed E-state index contributed by atoms with van der Waals surface area (Å²) in [6.07, 6.45) is -1.06. The number of ketones is 1. The predicted octanol–water partition coefficient (Wildman–Crippen LogP) is 2.09. The predicted molar refractivity (Wildman–Crippen MR) is 111 cm³/mol. The highest BCUT2D eigenvalue weighted by molar-refractivity contribution is 6.07. The first-order chi connectivity index (χ1) is 15.8. The maximum atomic E-state index is 13.0. The van der Waals surface area contributed by atoms with E-state index in [2.05, 4.69) is 10.5 Å². The second-order valence-corrected chi connectivity index (χ2v) is 7.93. The van der Waals surface area contributed by atoms with Gasteiger partial charge in [-0.3, -0.25) is 29.8 Å². The van der Waals surface area contributed by atoms with Crippen molar-refractivity contribution < 1.29 is 28.9 Å². The van der Waals surface area contributed by atoms with Crippen LogP contribution in [-0.4, -0.2) is 46.2 Å². The topological polar surface area (TPSA) is 163 Å². The summed E-state index contributed by atoms with van der Waals surface area (Å²) in [5.41, 5.74) is 1.69. The Morgan fingerprint density at radius 3 is 2.30 bits per heavy atom. The molecule has 0 aromatic heterocycles. The lowest BCUT2D eigenvalue weighted by molar-refractivity contribution is -0.394. The van der Waals surface area contributed by atoms with Crippen LogP contribution in [0.4, 0.5) is 11.4 Å². The zero-order chi connectivity index (χ0) is 23.3. The van der Waals surface area contributed by atoms with Crippen LogP contribution in [0.2, 0.25) is 0 Å². The van der Waals surface area contributed by atoms with E-state index < -0.39 is 33.4 Å². The van der Waals surface area contributed by atoms with Gasteiger partial charge < -0.3 is 9.47 Å². The van der Waals surface area contributed by atoms with Crippen LogP contribution >= 0.6 is 0 Å². The molecule has 0 radical (unpaired) electrons. The number of nitrogens with zero attached hydrogens (tertiary/aromatic N) is 3. The van der Waals surface area contributed by atoms with E-state index in [0.29, 0.717) is 17.9 Å². The largest absolute Gasteiger partial charge is 0.344 e. The van der Waals surface area contributed by atoms with Crippen molar-refractivity contribution in [1.29, 1.82) is 0 Å². The number of carbonyl (C=O) groups is 2. The fourth-order valence-electron chi connectivity index (χ4n) is 4.49. The lowest BCUT2D eigenvalue weighted by Gasteiger charge is -2.18. The summed E-state index contributed by atoms with van der Waals surface area (Å²) in [5, 5.41) is 26.2. The first-order valence-corrected chi connectivity index (χ1v) is 10.0. The Kier molecular flexibility index (Phi) is 4.95. The van der Waals surface area contributed by atoms with Gasteiger partial charge in [0.1, 0.15) is 0 Å². The Morgan fingerprint density at radius 2 is 1.67 bits per heavy atom. The summed E-state index contributed by atoms with van der Waals surface area (Å²) < 4.78 is 11.4. The van der Waals surface area contributed by atoms with Crippen molar-refractivity contribution >= 4 is 28.8 Å². The van der Waals surface area contributed by atoms with Crippen molar-refractivity contribution in [2.24, 2.45) is 22.9 Å². The fraction of sp³-hybridized carbons (Fsp3) is 0.286. The Morgan fingerprint density at radius 1 is 1.00 bits per heavy atom. The van der Waals surface area contributed by atoms with Crippen LogP contribution in [0.1, 0.15) is 20.7 Å². The second-order valence-electron chi connectivity index (χ2n) is 7.93. The van der Waals surface area contributed by atoms with Crippen molar-refractivity contribution in [3.63, 3.8) is 0 Å². The molecule has 2 aromatic rings. The highest BCUT2D eigenvalue weighted by Crippen LogP contribution is 2.57. The average molecular weight is 452 g/mol. The highest BCUT2D eigenvalue weighted by Gasteiger charge is 2.67. The number of non-ortho nitro benzene ring substituents is 2. The molecule has 0 unspecified atom stereocenters. The first-order valence-electron chi connectivity index (χ1n) is 10.0. The molecule has 12 heteroatoms. The second kappa shape index (κ2) is 7.83. The van der Waals surface area contributed by atoms with E-state index in [1.807, 2.05) is 6.07 Å². The summed E-state index contributed by atoms with van der Waals surface area (Å²) in [7, 11) is 0. The van der Waals surface area contributed by atoms with Gasteiger partial charge in [-0.2, -0.15) is 5.10 Å². The number of nitrogens with one attached hydrogen (secondary N) is 1. The van der Waals surface area contributed by atoms with Crippen LogP contribution in [0.25, 0.3) is 0 Å². The first kappa shape index (κ1) is 20.8. The Balaban J connectivity index is 1.39. The number of nitro benzene ring substituents is 2. The molecule has 1 N–H and O–H groups in total. The third-order valence-electron chi connectivity index (χ3n) is 6.03. The molecule has 168 valence electrons. The minimum Gasteiger partial charge on any atom is -0.344 e. The molecule has 1 amide bonds.